The number of aliphatic carboxylic acids is 1. The maximum atomic E-state index is 10.9. The monoisotopic (exact) mass is 323 g/mol. The molecule has 0 saturated carbocycles. The molecule has 0 radical (unpaired) electrons. The SMILES string of the molecule is CCCOc1ccc(CN)cc1C(=O)O.O=C(O)C(F)(F)F. The van der Waals surface area contributed by atoms with Crippen LogP contribution < -0.4 is 10.5 Å². The summed E-state index contributed by atoms with van der Waals surface area (Å²) in [5, 5.41) is 16.1. The molecular formula is C13H16F3NO5. The molecule has 124 valence electrons. The summed E-state index contributed by atoms with van der Waals surface area (Å²) in [4.78, 5) is 19.8. The van der Waals surface area contributed by atoms with Gasteiger partial charge in [0.1, 0.15) is 11.3 Å². The second-order valence-electron chi connectivity index (χ2n) is 3.99. The number of carboxylic acid groups (broad SMARTS) is 2. The van der Waals surface area contributed by atoms with Gasteiger partial charge in [0.05, 0.1) is 6.61 Å². The Kier molecular flexibility index (Phi) is 7.95. The van der Waals surface area contributed by atoms with Gasteiger partial charge in [-0.3, -0.25) is 0 Å². The van der Waals surface area contributed by atoms with Gasteiger partial charge in [-0.2, -0.15) is 13.2 Å². The third-order valence-corrected chi connectivity index (χ3v) is 2.21. The van der Waals surface area contributed by atoms with Gasteiger partial charge in [0.2, 0.25) is 0 Å². The molecular weight excluding hydrogens is 307 g/mol. The van der Waals surface area contributed by atoms with Crippen molar-refractivity contribution in [2.75, 3.05) is 6.61 Å². The van der Waals surface area contributed by atoms with E-state index in [1.807, 2.05) is 6.92 Å². The highest BCUT2D eigenvalue weighted by Gasteiger charge is 2.38. The van der Waals surface area contributed by atoms with Gasteiger partial charge in [-0.15, -0.1) is 0 Å². The molecule has 1 aromatic carbocycles. The largest absolute Gasteiger partial charge is 0.493 e. The van der Waals surface area contributed by atoms with E-state index < -0.39 is 18.1 Å². The Bertz CT molecular complexity index is 517. The van der Waals surface area contributed by atoms with E-state index >= 15 is 0 Å². The van der Waals surface area contributed by atoms with Crippen LogP contribution in [-0.4, -0.2) is 34.9 Å². The van der Waals surface area contributed by atoms with Gasteiger partial charge >= 0.3 is 18.1 Å². The number of ether oxygens (including phenoxy) is 1. The molecule has 22 heavy (non-hydrogen) atoms. The van der Waals surface area contributed by atoms with Gasteiger partial charge in [0, 0.05) is 6.54 Å². The minimum Gasteiger partial charge on any atom is -0.493 e. The van der Waals surface area contributed by atoms with Crippen LogP contribution in [0.4, 0.5) is 13.2 Å². The van der Waals surface area contributed by atoms with Crippen LogP contribution in [0.15, 0.2) is 18.2 Å². The van der Waals surface area contributed by atoms with Crippen LogP contribution >= 0.6 is 0 Å². The van der Waals surface area contributed by atoms with Crippen molar-refractivity contribution in [2.24, 2.45) is 5.73 Å². The molecule has 0 aliphatic rings. The molecule has 0 spiro atoms. The summed E-state index contributed by atoms with van der Waals surface area (Å²) >= 11 is 0. The van der Waals surface area contributed by atoms with Crippen LogP contribution in [0.5, 0.6) is 5.75 Å². The molecule has 0 fully saturated rings. The average molecular weight is 323 g/mol. The zero-order chi connectivity index (χ0) is 17.3. The van der Waals surface area contributed by atoms with Crippen LogP contribution in [0.1, 0.15) is 29.3 Å². The molecule has 6 nitrogen and oxygen atoms in total. The maximum absolute atomic E-state index is 10.9. The summed E-state index contributed by atoms with van der Waals surface area (Å²) < 4.78 is 37.1. The highest BCUT2D eigenvalue weighted by atomic mass is 19.4. The highest BCUT2D eigenvalue weighted by molar-refractivity contribution is 5.91. The van der Waals surface area contributed by atoms with Crippen molar-refractivity contribution < 1.29 is 37.7 Å². The summed E-state index contributed by atoms with van der Waals surface area (Å²) in [6.07, 6.45) is -4.24. The Morgan fingerprint density at radius 3 is 2.18 bits per heavy atom. The van der Waals surface area contributed by atoms with Crippen LogP contribution in [0, 0.1) is 0 Å². The molecule has 0 saturated heterocycles. The Morgan fingerprint density at radius 2 is 1.82 bits per heavy atom. The summed E-state index contributed by atoms with van der Waals surface area (Å²) in [5.74, 6) is -3.34. The number of alkyl halides is 3. The van der Waals surface area contributed by atoms with Crippen molar-refractivity contribution in [3.8, 4) is 5.75 Å². The second kappa shape index (κ2) is 8.88. The zero-order valence-corrected chi connectivity index (χ0v) is 11.7. The predicted octanol–water partition coefficient (Wildman–Crippen LogP) is 2.27. The van der Waals surface area contributed by atoms with Crippen molar-refractivity contribution in [2.45, 2.75) is 26.1 Å². The first-order valence-electron chi connectivity index (χ1n) is 6.12. The van der Waals surface area contributed by atoms with Gasteiger partial charge in [0.25, 0.3) is 0 Å². The standard InChI is InChI=1S/C11H15NO3.C2HF3O2/c1-2-5-15-10-4-3-8(7-12)6-9(10)11(13)14;3-2(4,5)1(6)7/h3-4,6H,2,5,7,12H2,1H3,(H,13,14);(H,6,7). The third-order valence-electron chi connectivity index (χ3n) is 2.21. The van der Waals surface area contributed by atoms with E-state index in [-0.39, 0.29) is 5.56 Å². The van der Waals surface area contributed by atoms with E-state index in [1.54, 1.807) is 18.2 Å². The molecule has 0 bridgehead atoms. The topological polar surface area (TPSA) is 110 Å². The van der Waals surface area contributed by atoms with Gasteiger partial charge < -0.3 is 20.7 Å². The lowest BCUT2D eigenvalue weighted by Crippen LogP contribution is -2.21. The average Bonchev–Trinajstić information content (AvgIpc) is 2.44. The first-order valence-corrected chi connectivity index (χ1v) is 6.12. The Hall–Kier alpha value is -2.29. The number of aromatic carboxylic acids is 1. The van der Waals surface area contributed by atoms with Crippen molar-refractivity contribution >= 4 is 11.9 Å². The van der Waals surface area contributed by atoms with E-state index in [0.717, 1.165) is 12.0 Å². The predicted molar refractivity (Wildman–Crippen MR) is 70.8 cm³/mol. The first kappa shape index (κ1) is 19.7. The number of carbonyl (C=O) groups is 2. The fourth-order valence-electron chi connectivity index (χ4n) is 1.21. The molecule has 0 heterocycles. The lowest BCUT2D eigenvalue weighted by atomic mass is 10.1. The molecule has 0 amide bonds. The molecule has 0 atom stereocenters. The molecule has 1 aromatic rings. The second-order valence-corrected chi connectivity index (χ2v) is 3.99. The van der Waals surface area contributed by atoms with Gasteiger partial charge in [0.15, 0.2) is 0 Å². The van der Waals surface area contributed by atoms with Gasteiger partial charge in [-0.1, -0.05) is 13.0 Å². The molecule has 0 aliphatic carbocycles. The fraction of sp³-hybridized carbons (Fsp3) is 0.385. The van der Waals surface area contributed by atoms with E-state index in [9.17, 15) is 18.0 Å². The normalized spacial score (nSPS) is 10.4. The van der Waals surface area contributed by atoms with E-state index in [4.69, 9.17) is 25.5 Å². The highest BCUT2D eigenvalue weighted by Crippen LogP contribution is 2.20. The lowest BCUT2D eigenvalue weighted by Gasteiger charge is -2.09. The van der Waals surface area contributed by atoms with Crippen LogP contribution in [0.25, 0.3) is 0 Å². The zero-order valence-electron chi connectivity index (χ0n) is 11.7. The summed E-state index contributed by atoms with van der Waals surface area (Å²) in [6.45, 7) is 2.81. The molecule has 9 heteroatoms. The summed E-state index contributed by atoms with van der Waals surface area (Å²) in [5.41, 5.74) is 6.40. The quantitative estimate of drug-likeness (QED) is 0.767. The van der Waals surface area contributed by atoms with Crippen LogP contribution in [0.2, 0.25) is 0 Å². The molecule has 0 aliphatic heterocycles. The summed E-state index contributed by atoms with van der Waals surface area (Å²) in [7, 11) is 0. The minimum atomic E-state index is -5.08. The third kappa shape index (κ3) is 6.93. The van der Waals surface area contributed by atoms with Gasteiger partial charge in [-0.05, 0) is 24.1 Å². The number of halogens is 3. The van der Waals surface area contributed by atoms with E-state index in [2.05, 4.69) is 0 Å². The van der Waals surface area contributed by atoms with Crippen LogP contribution in [-0.2, 0) is 11.3 Å². The Morgan fingerprint density at radius 1 is 1.27 bits per heavy atom. The maximum Gasteiger partial charge on any atom is 0.490 e. The van der Waals surface area contributed by atoms with Crippen LogP contribution in [0.3, 0.4) is 0 Å². The number of nitrogens with two attached hydrogens (primary N) is 1. The number of carboxylic acids is 2. The fourth-order valence-corrected chi connectivity index (χ4v) is 1.21. The lowest BCUT2D eigenvalue weighted by molar-refractivity contribution is -0.192. The number of hydrogen-bond acceptors (Lipinski definition) is 4. The number of hydrogen-bond donors (Lipinski definition) is 3. The van der Waals surface area contributed by atoms with Gasteiger partial charge in [-0.25, -0.2) is 9.59 Å². The van der Waals surface area contributed by atoms with Crippen molar-refractivity contribution in [1.82, 2.24) is 0 Å². The van der Waals surface area contributed by atoms with E-state index in [0.29, 0.717) is 18.9 Å². The smallest absolute Gasteiger partial charge is 0.490 e. The Labute approximate surface area is 124 Å². The molecule has 1 rings (SSSR count). The van der Waals surface area contributed by atoms with Crippen molar-refractivity contribution in [1.29, 1.82) is 0 Å². The molecule has 0 aromatic heterocycles. The van der Waals surface area contributed by atoms with E-state index in [1.165, 1.54) is 0 Å². The Balaban J connectivity index is 0.000000534. The molecule has 4 N–H and O–H groups in total. The number of rotatable bonds is 5. The minimum absolute atomic E-state index is 0.173. The van der Waals surface area contributed by atoms with Crippen molar-refractivity contribution in [3.63, 3.8) is 0 Å². The number of benzene rings is 1. The first-order chi connectivity index (χ1) is 10.1. The summed E-state index contributed by atoms with van der Waals surface area (Å²) in [6, 6.07) is 4.98. The van der Waals surface area contributed by atoms with Crippen molar-refractivity contribution in [3.05, 3.63) is 29.3 Å². The molecule has 0 unspecified atom stereocenters.